The minimum atomic E-state index is -0.0748. The van der Waals surface area contributed by atoms with E-state index >= 15 is 0 Å². The van der Waals surface area contributed by atoms with Crippen molar-refractivity contribution in [3.8, 4) is 0 Å². The summed E-state index contributed by atoms with van der Waals surface area (Å²) in [7, 11) is 3.97. The lowest BCUT2D eigenvalue weighted by Gasteiger charge is -2.27. The van der Waals surface area contributed by atoms with Gasteiger partial charge in [0.05, 0.1) is 6.04 Å². The van der Waals surface area contributed by atoms with Crippen LogP contribution in [0.1, 0.15) is 44.4 Å². The van der Waals surface area contributed by atoms with Gasteiger partial charge in [0.15, 0.2) is 0 Å². The highest BCUT2D eigenvalue weighted by molar-refractivity contribution is 7.10. The molecule has 0 aliphatic carbocycles. The van der Waals surface area contributed by atoms with E-state index in [4.69, 9.17) is 4.98 Å². The Morgan fingerprint density at radius 2 is 2.00 bits per heavy atom. The second-order valence-electron chi connectivity index (χ2n) is 6.24. The molecule has 0 radical (unpaired) electrons. The number of nitrogens with one attached hydrogen (secondary N) is 1. The smallest absolute Gasteiger partial charge is 0.138 e. The number of hydrogen-bond acceptors (Lipinski definition) is 5. The third kappa shape index (κ3) is 3.53. The van der Waals surface area contributed by atoms with Crippen LogP contribution in [0.3, 0.4) is 0 Å². The predicted molar refractivity (Wildman–Crippen MR) is 91.4 cm³/mol. The van der Waals surface area contributed by atoms with Crippen molar-refractivity contribution < 1.29 is 0 Å². The van der Waals surface area contributed by atoms with Gasteiger partial charge in [-0.15, -0.1) is 11.3 Å². The Bertz CT molecular complexity index is 587. The maximum absolute atomic E-state index is 4.76. The fraction of sp³-hybridized carbons (Fsp3) is 0.500. The van der Waals surface area contributed by atoms with Gasteiger partial charge in [0.2, 0.25) is 0 Å². The number of hydrogen-bond donors (Lipinski definition) is 1. The molecule has 0 aliphatic heterocycles. The Morgan fingerprint density at radius 1 is 1.29 bits per heavy atom. The average molecular weight is 304 g/mol. The molecule has 4 nitrogen and oxygen atoms in total. The second-order valence-corrected chi connectivity index (χ2v) is 7.22. The highest BCUT2D eigenvalue weighted by atomic mass is 32.1. The van der Waals surface area contributed by atoms with Crippen LogP contribution in [0.5, 0.6) is 0 Å². The molecule has 0 saturated heterocycles. The standard InChI is InChI=1S/C16H24N4S/c1-11(12-8-7-9-21-12)20(6)14-10-13(17-5)18-15(19-14)16(2,3)4/h7-11H,1-6H3,(H,17,18,19). The summed E-state index contributed by atoms with van der Waals surface area (Å²) in [6.45, 7) is 8.60. The Labute approximate surface area is 131 Å². The van der Waals surface area contributed by atoms with Crippen molar-refractivity contribution >= 4 is 23.0 Å². The van der Waals surface area contributed by atoms with Gasteiger partial charge in [0.25, 0.3) is 0 Å². The molecule has 0 spiro atoms. The van der Waals surface area contributed by atoms with E-state index < -0.39 is 0 Å². The lowest BCUT2D eigenvalue weighted by atomic mass is 9.96. The van der Waals surface area contributed by atoms with E-state index in [1.807, 2.05) is 13.1 Å². The van der Waals surface area contributed by atoms with Crippen molar-refractivity contribution in [1.29, 1.82) is 0 Å². The summed E-state index contributed by atoms with van der Waals surface area (Å²) in [4.78, 5) is 12.9. The number of nitrogens with zero attached hydrogens (tertiary/aromatic N) is 3. The van der Waals surface area contributed by atoms with Gasteiger partial charge >= 0.3 is 0 Å². The van der Waals surface area contributed by atoms with Crippen LogP contribution < -0.4 is 10.2 Å². The first kappa shape index (κ1) is 15.8. The topological polar surface area (TPSA) is 41.0 Å². The van der Waals surface area contributed by atoms with Gasteiger partial charge in [-0.3, -0.25) is 0 Å². The Hall–Kier alpha value is -1.62. The lowest BCUT2D eigenvalue weighted by Crippen LogP contribution is -2.25. The van der Waals surface area contributed by atoms with Crippen LogP contribution in [-0.4, -0.2) is 24.1 Å². The summed E-state index contributed by atoms with van der Waals surface area (Å²) in [5, 5.41) is 5.24. The average Bonchev–Trinajstić information content (AvgIpc) is 2.98. The van der Waals surface area contributed by atoms with Crippen LogP contribution in [0.25, 0.3) is 0 Å². The molecule has 0 saturated carbocycles. The van der Waals surface area contributed by atoms with E-state index in [-0.39, 0.29) is 11.5 Å². The Kier molecular flexibility index (Phi) is 4.52. The molecule has 0 aliphatic rings. The largest absolute Gasteiger partial charge is 0.373 e. The van der Waals surface area contributed by atoms with E-state index in [1.165, 1.54) is 4.88 Å². The van der Waals surface area contributed by atoms with Gasteiger partial charge in [-0.2, -0.15) is 0 Å². The first-order chi connectivity index (χ1) is 9.82. The number of aromatic nitrogens is 2. The SMILES string of the molecule is CNc1cc(N(C)C(C)c2cccs2)nc(C(C)(C)C)n1. The van der Waals surface area contributed by atoms with Crippen LogP contribution in [0, 0.1) is 0 Å². The van der Waals surface area contributed by atoms with Crippen LogP contribution >= 0.6 is 11.3 Å². The highest BCUT2D eigenvalue weighted by Gasteiger charge is 2.22. The third-order valence-electron chi connectivity index (χ3n) is 3.54. The molecule has 1 atom stereocenters. The van der Waals surface area contributed by atoms with E-state index in [1.54, 1.807) is 11.3 Å². The maximum atomic E-state index is 4.76. The number of rotatable bonds is 4. The summed E-state index contributed by atoms with van der Waals surface area (Å²) in [6.07, 6.45) is 0. The quantitative estimate of drug-likeness (QED) is 0.924. The van der Waals surface area contributed by atoms with Crippen LogP contribution in [0.4, 0.5) is 11.6 Å². The van der Waals surface area contributed by atoms with Crippen molar-refractivity contribution in [3.05, 3.63) is 34.3 Å². The van der Waals surface area contributed by atoms with E-state index in [0.717, 1.165) is 17.5 Å². The fourth-order valence-corrected chi connectivity index (χ4v) is 2.82. The van der Waals surface area contributed by atoms with Gasteiger partial charge < -0.3 is 10.2 Å². The van der Waals surface area contributed by atoms with Gasteiger partial charge in [-0.1, -0.05) is 26.8 Å². The van der Waals surface area contributed by atoms with Crippen molar-refractivity contribution in [2.24, 2.45) is 0 Å². The molecule has 0 bridgehead atoms. The molecule has 1 N–H and O–H groups in total. The molecular weight excluding hydrogens is 280 g/mol. The minimum Gasteiger partial charge on any atom is -0.373 e. The normalized spacial score (nSPS) is 13.0. The third-order valence-corrected chi connectivity index (χ3v) is 4.58. The van der Waals surface area contributed by atoms with Crippen LogP contribution in [-0.2, 0) is 5.41 Å². The summed E-state index contributed by atoms with van der Waals surface area (Å²) in [5.74, 6) is 2.66. The zero-order chi connectivity index (χ0) is 15.6. The molecule has 21 heavy (non-hydrogen) atoms. The van der Waals surface area contributed by atoms with Crippen LogP contribution in [0.2, 0.25) is 0 Å². The van der Waals surface area contributed by atoms with Crippen LogP contribution in [0.15, 0.2) is 23.6 Å². The molecule has 0 amide bonds. The summed E-state index contributed by atoms with van der Waals surface area (Å²) >= 11 is 1.77. The summed E-state index contributed by atoms with van der Waals surface area (Å²) in [6, 6.07) is 6.54. The van der Waals surface area contributed by atoms with Crippen molar-refractivity contribution in [1.82, 2.24) is 9.97 Å². The molecule has 2 aromatic heterocycles. The van der Waals surface area contributed by atoms with E-state index in [0.29, 0.717) is 0 Å². The summed E-state index contributed by atoms with van der Waals surface area (Å²) in [5.41, 5.74) is -0.0748. The fourth-order valence-electron chi connectivity index (χ4n) is 2.00. The summed E-state index contributed by atoms with van der Waals surface area (Å²) < 4.78 is 0. The molecule has 0 aromatic carbocycles. The highest BCUT2D eigenvalue weighted by Crippen LogP contribution is 2.29. The molecule has 2 heterocycles. The number of thiophene rings is 1. The van der Waals surface area contributed by atoms with Crippen molar-refractivity contribution in [2.75, 3.05) is 24.3 Å². The van der Waals surface area contributed by atoms with Gasteiger partial charge in [0, 0.05) is 30.5 Å². The Balaban J connectivity index is 2.38. The molecule has 114 valence electrons. The first-order valence-corrected chi connectivity index (χ1v) is 8.04. The molecule has 2 aromatic rings. The molecular formula is C16H24N4S. The van der Waals surface area contributed by atoms with Gasteiger partial charge in [-0.05, 0) is 18.4 Å². The van der Waals surface area contributed by atoms with E-state index in [2.05, 4.69) is 67.5 Å². The maximum Gasteiger partial charge on any atom is 0.138 e. The van der Waals surface area contributed by atoms with E-state index in [9.17, 15) is 0 Å². The molecule has 5 heteroatoms. The molecule has 1 unspecified atom stereocenters. The Morgan fingerprint density at radius 3 is 2.52 bits per heavy atom. The van der Waals surface area contributed by atoms with Crippen molar-refractivity contribution in [3.63, 3.8) is 0 Å². The monoisotopic (exact) mass is 304 g/mol. The lowest BCUT2D eigenvalue weighted by molar-refractivity contribution is 0.544. The van der Waals surface area contributed by atoms with Gasteiger partial charge in [-0.25, -0.2) is 9.97 Å². The zero-order valence-corrected chi connectivity index (χ0v) is 14.5. The molecule has 2 rings (SSSR count). The second kappa shape index (κ2) is 6.02. The predicted octanol–water partition coefficient (Wildman–Crippen LogP) is 4.07. The first-order valence-electron chi connectivity index (χ1n) is 7.16. The van der Waals surface area contributed by atoms with Gasteiger partial charge in [0.1, 0.15) is 17.5 Å². The van der Waals surface area contributed by atoms with Crippen molar-refractivity contribution in [2.45, 2.75) is 39.2 Å². The number of anilines is 2. The minimum absolute atomic E-state index is 0.0748. The zero-order valence-electron chi connectivity index (χ0n) is 13.6. The molecule has 0 fully saturated rings.